The van der Waals surface area contributed by atoms with E-state index in [1.807, 2.05) is 30.3 Å². The molecule has 0 aliphatic carbocycles. The van der Waals surface area contributed by atoms with Crippen molar-refractivity contribution in [2.45, 2.75) is 6.54 Å². The topological polar surface area (TPSA) is 76.6 Å². The Bertz CT molecular complexity index is 1140. The molecule has 0 spiro atoms. The second-order valence-electron chi connectivity index (χ2n) is 6.26. The maximum atomic E-state index is 12.4. The van der Waals surface area contributed by atoms with Crippen molar-refractivity contribution in [2.24, 2.45) is 0 Å². The molecule has 0 unspecified atom stereocenters. The number of amides is 1. The number of benzene rings is 2. The number of carbonyl (C=O) groups is 1. The first kappa shape index (κ1) is 19.1. The Labute approximate surface area is 176 Å². The van der Waals surface area contributed by atoms with Gasteiger partial charge in [0.25, 0.3) is 10.9 Å². The average molecular weight is 422 g/mol. The first-order valence-corrected chi connectivity index (χ1v) is 9.88. The van der Waals surface area contributed by atoms with Crippen LogP contribution in [0.4, 0.5) is 10.5 Å². The average Bonchev–Trinajstić information content (AvgIpc) is 3.29. The second-order valence-corrected chi connectivity index (χ2v) is 7.64. The molecule has 0 N–H and O–H groups in total. The Kier molecular flexibility index (Phi) is 5.28. The summed E-state index contributed by atoms with van der Waals surface area (Å²) in [5.41, 5.74) is 1.59. The van der Waals surface area contributed by atoms with Crippen molar-refractivity contribution in [3.8, 4) is 11.3 Å². The minimum Gasteiger partial charge on any atom is -0.457 e. The maximum Gasteiger partial charge on any atom is 0.291 e. The van der Waals surface area contributed by atoms with Gasteiger partial charge in [0.15, 0.2) is 0 Å². The Balaban J connectivity index is 1.55. The number of hydrogen-bond donors (Lipinski definition) is 0. The Morgan fingerprint density at radius 2 is 1.90 bits per heavy atom. The van der Waals surface area contributed by atoms with Crippen LogP contribution in [0.25, 0.3) is 17.4 Å². The molecule has 0 radical (unpaired) electrons. The molecule has 2 aromatic carbocycles. The highest BCUT2D eigenvalue weighted by Gasteiger charge is 2.31. The third kappa shape index (κ3) is 4.13. The fraction of sp³-hybridized carbons (Fsp3) is 0.0476. The van der Waals surface area contributed by atoms with Crippen molar-refractivity contribution >= 4 is 46.0 Å². The predicted octanol–water partition coefficient (Wildman–Crippen LogP) is 5.89. The molecule has 1 aliphatic heterocycles. The van der Waals surface area contributed by atoms with E-state index in [-0.39, 0.29) is 10.9 Å². The summed E-state index contributed by atoms with van der Waals surface area (Å²) in [6.07, 6.45) is 1.72. The monoisotopic (exact) mass is 422 g/mol. The van der Waals surface area contributed by atoms with Crippen molar-refractivity contribution in [2.75, 3.05) is 0 Å². The maximum absolute atomic E-state index is 12.4. The summed E-state index contributed by atoms with van der Waals surface area (Å²) in [6, 6.07) is 19.4. The molecule has 29 heavy (non-hydrogen) atoms. The number of non-ortho nitro benzene ring substituents is 1. The zero-order valence-corrected chi connectivity index (χ0v) is 16.6. The van der Waals surface area contributed by atoms with Crippen LogP contribution < -0.4 is 0 Å². The Morgan fingerprint density at radius 1 is 1.10 bits per heavy atom. The van der Waals surface area contributed by atoms with Gasteiger partial charge < -0.3 is 4.42 Å². The SMILES string of the molecule is O=C1S/C(=C\c2ccc(-c3cccc([N+](=O)[O-])c3)o2)C(=S)N1Cc1ccccc1. The van der Waals surface area contributed by atoms with Gasteiger partial charge in [-0.25, -0.2) is 0 Å². The van der Waals surface area contributed by atoms with E-state index in [1.165, 1.54) is 12.1 Å². The number of rotatable bonds is 5. The first-order chi connectivity index (χ1) is 14.0. The largest absolute Gasteiger partial charge is 0.457 e. The Morgan fingerprint density at radius 3 is 2.66 bits per heavy atom. The normalized spacial score (nSPS) is 15.3. The molecule has 1 saturated heterocycles. The van der Waals surface area contributed by atoms with E-state index < -0.39 is 4.92 Å². The van der Waals surface area contributed by atoms with Crippen LogP contribution in [0.5, 0.6) is 0 Å². The molecule has 3 aromatic rings. The minimum absolute atomic E-state index is 0.00604. The standard InChI is InChI=1S/C21H14N2O4S2/c24-21-22(13-14-5-2-1-3-6-14)20(28)19(29-21)12-17-9-10-18(27-17)15-7-4-8-16(11-15)23(25)26/h1-12H,13H2/b19-12-. The minimum atomic E-state index is -0.449. The van der Waals surface area contributed by atoms with Crippen molar-refractivity contribution in [1.82, 2.24) is 4.90 Å². The van der Waals surface area contributed by atoms with Gasteiger partial charge in [-0.3, -0.25) is 19.8 Å². The van der Waals surface area contributed by atoms with Gasteiger partial charge in [-0.15, -0.1) is 0 Å². The highest BCUT2D eigenvalue weighted by Crippen LogP contribution is 2.35. The quantitative estimate of drug-likeness (QED) is 0.221. The number of carbonyl (C=O) groups excluding carboxylic acids is 1. The molecule has 4 rings (SSSR count). The molecule has 0 bridgehead atoms. The number of furan rings is 1. The lowest BCUT2D eigenvalue weighted by molar-refractivity contribution is -0.384. The number of nitro groups is 1. The van der Waals surface area contributed by atoms with Gasteiger partial charge in [-0.2, -0.15) is 0 Å². The van der Waals surface area contributed by atoms with E-state index in [0.717, 1.165) is 17.3 Å². The van der Waals surface area contributed by atoms with E-state index in [9.17, 15) is 14.9 Å². The lowest BCUT2D eigenvalue weighted by atomic mass is 10.1. The van der Waals surface area contributed by atoms with Gasteiger partial charge in [-0.05, 0) is 35.5 Å². The van der Waals surface area contributed by atoms with E-state index in [1.54, 1.807) is 35.2 Å². The van der Waals surface area contributed by atoms with E-state index in [2.05, 4.69) is 0 Å². The van der Waals surface area contributed by atoms with Crippen molar-refractivity contribution in [1.29, 1.82) is 0 Å². The zero-order valence-electron chi connectivity index (χ0n) is 15.0. The van der Waals surface area contributed by atoms with Gasteiger partial charge >= 0.3 is 0 Å². The number of nitro benzene ring substituents is 1. The van der Waals surface area contributed by atoms with Crippen LogP contribution in [0.1, 0.15) is 11.3 Å². The molecular weight excluding hydrogens is 408 g/mol. The van der Waals surface area contributed by atoms with Crippen molar-refractivity contribution in [3.63, 3.8) is 0 Å². The van der Waals surface area contributed by atoms with Gasteiger partial charge in [0.2, 0.25) is 0 Å². The molecule has 1 aromatic heterocycles. The molecular formula is C21H14N2O4S2. The van der Waals surface area contributed by atoms with Crippen molar-refractivity contribution < 1.29 is 14.1 Å². The summed E-state index contributed by atoms with van der Waals surface area (Å²) in [7, 11) is 0. The van der Waals surface area contributed by atoms with Crippen LogP contribution in [0.2, 0.25) is 0 Å². The highest BCUT2D eigenvalue weighted by molar-refractivity contribution is 8.19. The molecule has 1 amide bonds. The fourth-order valence-corrected chi connectivity index (χ4v) is 4.11. The molecule has 1 fully saturated rings. The van der Waals surface area contributed by atoms with E-state index >= 15 is 0 Å². The number of thioether (sulfide) groups is 1. The molecule has 8 heteroatoms. The molecule has 144 valence electrons. The van der Waals surface area contributed by atoms with Crippen LogP contribution in [-0.2, 0) is 6.54 Å². The second kappa shape index (κ2) is 8.02. The van der Waals surface area contributed by atoms with Crippen LogP contribution in [-0.4, -0.2) is 20.1 Å². The van der Waals surface area contributed by atoms with Gasteiger partial charge in [0, 0.05) is 17.7 Å². The molecule has 2 heterocycles. The lowest BCUT2D eigenvalue weighted by Gasteiger charge is -2.14. The third-order valence-corrected chi connectivity index (χ3v) is 5.79. The summed E-state index contributed by atoms with van der Waals surface area (Å²) < 4.78 is 5.80. The predicted molar refractivity (Wildman–Crippen MR) is 116 cm³/mol. The summed E-state index contributed by atoms with van der Waals surface area (Å²) in [5.74, 6) is 1.02. The van der Waals surface area contributed by atoms with Crippen molar-refractivity contribution in [3.05, 3.63) is 93.1 Å². The number of nitrogens with zero attached hydrogens (tertiary/aromatic N) is 2. The van der Waals surface area contributed by atoms with E-state index in [4.69, 9.17) is 16.6 Å². The van der Waals surface area contributed by atoms with Crippen LogP contribution in [0.15, 0.2) is 76.1 Å². The Hall–Kier alpha value is -3.23. The molecule has 1 aliphatic rings. The van der Waals surface area contributed by atoms with Gasteiger partial charge in [0.1, 0.15) is 16.5 Å². The molecule has 0 saturated carbocycles. The van der Waals surface area contributed by atoms with Gasteiger partial charge in [0.05, 0.1) is 16.4 Å². The smallest absolute Gasteiger partial charge is 0.291 e. The number of thiocarbonyl (C=S) groups is 1. The number of hydrogen-bond acceptors (Lipinski definition) is 6. The fourth-order valence-electron chi connectivity index (χ4n) is 2.89. The molecule has 6 nitrogen and oxygen atoms in total. The summed E-state index contributed by atoms with van der Waals surface area (Å²) in [6.45, 7) is 0.417. The summed E-state index contributed by atoms with van der Waals surface area (Å²) in [5, 5.41) is 10.8. The van der Waals surface area contributed by atoms with E-state index in [0.29, 0.717) is 33.5 Å². The van der Waals surface area contributed by atoms with Gasteiger partial charge in [-0.1, -0.05) is 54.7 Å². The first-order valence-electron chi connectivity index (χ1n) is 8.65. The van der Waals surface area contributed by atoms with Crippen LogP contribution in [0.3, 0.4) is 0 Å². The van der Waals surface area contributed by atoms with Crippen LogP contribution in [0, 0.1) is 10.1 Å². The van der Waals surface area contributed by atoms with Crippen LogP contribution >= 0.6 is 24.0 Å². The zero-order chi connectivity index (χ0) is 20.4. The summed E-state index contributed by atoms with van der Waals surface area (Å²) in [4.78, 5) is 25.6. The highest BCUT2D eigenvalue weighted by atomic mass is 32.2. The lowest BCUT2D eigenvalue weighted by Crippen LogP contribution is -2.26. The molecule has 0 atom stereocenters. The summed E-state index contributed by atoms with van der Waals surface area (Å²) >= 11 is 6.55. The third-order valence-electron chi connectivity index (χ3n) is 4.30.